The molecular weight excluding hydrogens is 450 g/mol. The summed E-state index contributed by atoms with van der Waals surface area (Å²) in [6, 6.07) is 13.0. The Hall–Kier alpha value is -3.32. The Morgan fingerprint density at radius 2 is 1.97 bits per heavy atom. The van der Waals surface area contributed by atoms with Crippen LogP contribution in [0.3, 0.4) is 0 Å². The van der Waals surface area contributed by atoms with Crippen LogP contribution in [-0.2, 0) is 13.6 Å². The van der Waals surface area contributed by atoms with E-state index in [1.165, 1.54) is 29.3 Å². The molecule has 0 spiro atoms. The highest BCUT2D eigenvalue weighted by Crippen LogP contribution is 2.40. The molecule has 1 unspecified atom stereocenters. The average Bonchev–Trinajstić information content (AvgIpc) is 3.28. The number of likely N-dealkylation sites (tertiary alicyclic amines) is 1. The molecule has 7 rings (SSSR count). The number of fused-ring (bicyclic) bond motifs is 4. The van der Waals surface area contributed by atoms with Gasteiger partial charge in [0.05, 0.1) is 18.3 Å². The molecule has 2 aromatic heterocycles. The number of carbonyl (C=O) groups is 1. The van der Waals surface area contributed by atoms with Crippen molar-refractivity contribution in [2.45, 2.75) is 51.2 Å². The molecule has 3 fully saturated rings. The molecule has 2 bridgehead atoms. The van der Waals surface area contributed by atoms with E-state index in [1.54, 1.807) is 7.11 Å². The summed E-state index contributed by atoms with van der Waals surface area (Å²) in [6.45, 7) is 3.89. The average molecular weight is 484 g/mol. The molecule has 7 heteroatoms. The number of ether oxygens (including phenoxy) is 1. The van der Waals surface area contributed by atoms with E-state index in [1.807, 2.05) is 24.1 Å². The van der Waals surface area contributed by atoms with Crippen LogP contribution in [0.2, 0.25) is 0 Å². The Balaban J connectivity index is 1.35. The van der Waals surface area contributed by atoms with Gasteiger partial charge in [0.2, 0.25) is 0 Å². The Morgan fingerprint density at radius 1 is 1.14 bits per heavy atom. The van der Waals surface area contributed by atoms with Gasteiger partial charge in [0.1, 0.15) is 11.3 Å². The number of methoxy groups -OCH3 is 1. The minimum atomic E-state index is 0.0309. The lowest BCUT2D eigenvalue weighted by atomic mass is 10.1. The first kappa shape index (κ1) is 21.9. The lowest BCUT2D eigenvalue weighted by Gasteiger charge is -2.27. The normalized spacial score (nSPS) is 23.3. The second-order valence-electron chi connectivity index (χ2n) is 11.1. The van der Waals surface area contributed by atoms with E-state index in [9.17, 15) is 4.79 Å². The fraction of sp³-hybridized carbons (Fsp3) is 0.448. The molecule has 3 atom stereocenters. The predicted octanol–water partition coefficient (Wildman–Crippen LogP) is 4.48. The number of piperidine rings is 1. The maximum Gasteiger partial charge on any atom is 0.254 e. The van der Waals surface area contributed by atoms with Crippen molar-refractivity contribution in [3.05, 3.63) is 47.5 Å². The van der Waals surface area contributed by atoms with Crippen LogP contribution >= 0.6 is 0 Å². The van der Waals surface area contributed by atoms with E-state index in [0.717, 1.165) is 54.4 Å². The molecular formula is C29H33N5O2. The Bertz CT molecular complexity index is 1530. The lowest BCUT2D eigenvalue weighted by molar-refractivity contribution is 0.0700. The second-order valence-corrected chi connectivity index (χ2v) is 11.1. The fourth-order valence-corrected chi connectivity index (χ4v) is 6.60. The molecule has 2 N–H and O–H groups in total. The summed E-state index contributed by atoms with van der Waals surface area (Å²) in [5.74, 6) is 2.75. The largest absolute Gasteiger partial charge is 0.494 e. The van der Waals surface area contributed by atoms with Crippen molar-refractivity contribution in [1.82, 2.24) is 19.0 Å². The number of benzene rings is 2. The van der Waals surface area contributed by atoms with Crippen molar-refractivity contribution >= 4 is 27.8 Å². The highest BCUT2D eigenvalue weighted by Gasteiger charge is 2.47. The Kier molecular flexibility index (Phi) is 4.77. The number of nitrogens with two attached hydrogens (primary N) is 1. The molecule has 1 aliphatic heterocycles. The first-order chi connectivity index (χ1) is 17.4. The standard InChI is InChI=1S/C29H33N5O2/c1-16-4-8-22-19(10-16)12-24(33(22)14-17-5-6-17)28-31-21-11-20(13-25(36-3)27(21)32(28)2)29(35)34-15-18-7-9-23(34)26(18)30/h4,8,10-13,17-18,23,26H,5-7,9,14-15,30H2,1-3H3/t18-,23?,26+/m1/s1. The lowest BCUT2D eigenvalue weighted by Crippen LogP contribution is -2.41. The third-order valence-corrected chi connectivity index (χ3v) is 8.74. The van der Waals surface area contributed by atoms with E-state index < -0.39 is 0 Å². The van der Waals surface area contributed by atoms with E-state index in [0.29, 0.717) is 17.2 Å². The molecule has 2 saturated carbocycles. The summed E-state index contributed by atoms with van der Waals surface area (Å²) in [6.07, 6.45) is 4.69. The fourth-order valence-electron chi connectivity index (χ4n) is 6.60. The summed E-state index contributed by atoms with van der Waals surface area (Å²) in [5, 5.41) is 1.24. The van der Waals surface area contributed by atoms with E-state index in [4.69, 9.17) is 15.5 Å². The number of nitrogens with zero attached hydrogens (tertiary/aromatic N) is 4. The summed E-state index contributed by atoms with van der Waals surface area (Å²) >= 11 is 0. The zero-order valence-electron chi connectivity index (χ0n) is 21.2. The van der Waals surface area contributed by atoms with Gasteiger partial charge >= 0.3 is 0 Å². The monoisotopic (exact) mass is 483 g/mol. The molecule has 1 amide bonds. The zero-order chi connectivity index (χ0) is 24.7. The Labute approximate surface area is 210 Å². The van der Waals surface area contributed by atoms with Crippen LogP contribution in [0.15, 0.2) is 36.4 Å². The smallest absolute Gasteiger partial charge is 0.254 e. The molecule has 0 radical (unpaired) electrons. The number of amides is 1. The van der Waals surface area contributed by atoms with Crippen molar-refractivity contribution in [2.24, 2.45) is 24.6 Å². The van der Waals surface area contributed by atoms with Gasteiger partial charge in [-0.3, -0.25) is 4.79 Å². The first-order valence-electron chi connectivity index (χ1n) is 13.1. The molecule has 4 aromatic rings. The van der Waals surface area contributed by atoms with Crippen LogP contribution in [0.1, 0.15) is 41.6 Å². The highest BCUT2D eigenvalue weighted by molar-refractivity contribution is 6.00. The van der Waals surface area contributed by atoms with Crippen molar-refractivity contribution in [3.8, 4) is 17.3 Å². The second kappa shape index (κ2) is 7.84. The third kappa shape index (κ3) is 3.22. The minimum Gasteiger partial charge on any atom is -0.494 e. The van der Waals surface area contributed by atoms with Crippen molar-refractivity contribution in [2.75, 3.05) is 13.7 Å². The number of carbonyl (C=O) groups excluding carboxylic acids is 1. The van der Waals surface area contributed by atoms with Gasteiger partial charge in [0.15, 0.2) is 5.82 Å². The number of hydrogen-bond donors (Lipinski definition) is 1. The van der Waals surface area contributed by atoms with Crippen LogP contribution in [-0.4, -0.2) is 50.7 Å². The SMILES string of the molecule is COc1cc(C(=O)N2C[C@H]3CCC2[C@H]3N)cc2nc(-c3cc4cc(C)ccc4n3CC3CC3)n(C)c12. The number of aromatic nitrogens is 3. The molecule has 3 heterocycles. The van der Waals surface area contributed by atoms with Crippen LogP contribution in [0, 0.1) is 18.8 Å². The van der Waals surface area contributed by atoms with Gasteiger partial charge in [-0.1, -0.05) is 11.6 Å². The molecule has 2 aromatic carbocycles. The van der Waals surface area contributed by atoms with Crippen LogP contribution in [0.25, 0.3) is 33.5 Å². The maximum absolute atomic E-state index is 13.6. The van der Waals surface area contributed by atoms with Gasteiger partial charge in [-0.2, -0.15) is 0 Å². The highest BCUT2D eigenvalue weighted by atomic mass is 16.5. The van der Waals surface area contributed by atoms with Gasteiger partial charge in [-0.05, 0) is 74.8 Å². The van der Waals surface area contributed by atoms with E-state index >= 15 is 0 Å². The summed E-state index contributed by atoms with van der Waals surface area (Å²) in [5.41, 5.74) is 12.3. The van der Waals surface area contributed by atoms with Crippen molar-refractivity contribution < 1.29 is 9.53 Å². The van der Waals surface area contributed by atoms with Crippen LogP contribution in [0.4, 0.5) is 0 Å². The maximum atomic E-state index is 13.6. The van der Waals surface area contributed by atoms with Gasteiger partial charge in [0, 0.05) is 48.7 Å². The third-order valence-electron chi connectivity index (χ3n) is 8.74. The molecule has 2 aliphatic carbocycles. The van der Waals surface area contributed by atoms with E-state index in [2.05, 4.69) is 40.3 Å². The number of rotatable bonds is 5. The minimum absolute atomic E-state index is 0.0309. The zero-order valence-corrected chi connectivity index (χ0v) is 21.2. The van der Waals surface area contributed by atoms with Gasteiger partial charge in [-0.25, -0.2) is 4.98 Å². The predicted molar refractivity (Wildman–Crippen MR) is 141 cm³/mol. The summed E-state index contributed by atoms with van der Waals surface area (Å²) in [7, 11) is 3.70. The molecule has 7 nitrogen and oxygen atoms in total. The number of imidazole rings is 1. The van der Waals surface area contributed by atoms with Crippen LogP contribution < -0.4 is 10.5 Å². The molecule has 3 aliphatic rings. The molecule has 36 heavy (non-hydrogen) atoms. The van der Waals surface area contributed by atoms with E-state index in [-0.39, 0.29) is 18.0 Å². The quantitative estimate of drug-likeness (QED) is 0.454. The summed E-state index contributed by atoms with van der Waals surface area (Å²) < 4.78 is 10.3. The number of hydrogen-bond acceptors (Lipinski definition) is 4. The summed E-state index contributed by atoms with van der Waals surface area (Å²) in [4.78, 5) is 20.6. The van der Waals surface area contributed by atoms with Gasteiger partial charge in [0.25, 0.3) is 5.91 Å². The van der Waals surface area contributed by atoms with Crippen molar-refractivity contribution in [1.29, 1.82) is 0 Å². The number of aryl methyl sites for hydroxylation is 2. The first-order valence-corrected chi connectivity index (χ1v) is 13.1. The van der Waals surface area contributed by atoms with Crippen LogP contribution in [0.5, 0.6) is 5.75 Å². The topological polar surface area (TPSA) is 78.3 Å². The van der Waals surface area contributed by atoms with Crippen molar-refractivity contribution in [3.63, 3.8) is 0 Å². The van der Waals surface area contributed by atoms with Gasteiger partial charge < -0.3 is 24.5 Å². The molecule has 1 saturated heterocycles. The molecule has 186 valence electrons. The van der Waals surface area contributed by atoms with Gasteiger partial charge in [-0.15, -0.1) is 0 Å². The Morgan fingerprint density at radius 3 is 2.67 bits per heavy atom.